The zero-order valence-electron chi connectivity index (χ0n) is 9.88. The van der Waals surface area contributed by atoms with Gasteiger partial charge in [0.15, 0.2) is 0 Å². The highest BCUT2D eigenvalue weighted by Crippen LogP contribution is 2.28. The number of rotatable bonds is 3. The van der Waals surface area contributed by atoms with E-state index in [2.05, 4.69) is 0 Å². The molecule has 2 aromatic rings. The number of esters is 1. The average molecular weight is 312 g/mol. The molecule has 0 saturated heterocycles. The normalized spacial score (nSPS) is 10.1. The molecule has 5 nitrogen and oxygen atoms in total. The molecule has 7 heteroatoms. The Hall–Kier alpha value is -2.11. The number of benzene rings is 2. The van der Waals surface area contributed by atoms with Crippen LogP contribution in [0, 0.1) is 10.1 Å². The maximum atomic E-state index is 11.9. The third kappa shape index (κ3) is 3.07. The Morgan fingerprint density at radius 2 is 1.85 bits per heavy atom. The third-order valence-corrected chi connectivity index (χ3v) is 2.96. The van der Waals surface area contributed by atoms with Crippen LogP contribution in [0.5, 0.6) is 5.75 Å². The Morgan fingerprint density at radius 3 is 2.50 bits per heavy atom. The van der Waals surface area contributed by atoms with Gasteiger partial charge in [0.05, 0.1) is 15.5 Å². The zero-order valence-corrected chi connectivity index (χ0v) is 11.4. The second kappa shape index (κ2) is 5.90. The van der Waals surface area contributed by atoms with E-state index in [-0.39, 0.29) is 22.0 Å². The molecule has 0 saturated carbocycles. The molecule has 0 aliphatic rings. The van der Waals surface area contributed by atoms with Crippen LogP contribution in [0.2, 0.25) is 10.0 Å². The van der Waals surface area contributed by atoms with Crippen molar-refractivity contribution >= 4 is 34.9 Å². The van der Waals surface area contributed by atoms with Crippen LogP contribution in [0.3, 0.4) is 0 Å². The molecular weight excluding hydrogens is 305 g/mol. The fourth-order valence-electron chi connectivity index (χ4n) is 1.50. The second-order valence-corrected chi connectivity index (χ2v) is 4.58. The van der Waals surface area contributed by atoms with Crippen LogP contribution in [-0.2, 0) is 0 Å². The Balaban J connectivity index is 2.30. The fraction of sp³-hybridized carbons (Fsp3) is 0. The SMILES string of the molecule is O=C(Oc1ccccc1[N+](=O)[O-])c1ccc(Cl)cc1Cl. The highest BCUT2D eigenvalue weighted by molar-refractivity contribution is 6.36. The molecule has 0 atom stereocenters. The first kappa shape index (κ1) is 14.3. The molecule has 0 fully saturated rings. The van der Waals surface area contributed by atoms with Crippen LogP contribution >= 0.6 is 23.2 Å². The number of carbonyl (C=O) groups excluding carboxylic acids is 1. The van der Waals surface area contributed by atoms with Gasteiger partial charge in [-0.3, -0.25) is 10.1 Å². The van der Waals surface area contributed by atoms with E-state index in [1.54, 1.807) is 0 Å². The average Bonchev–Trinajstić information content (AvgIpc) is 2.38. The summed E-state index contributed by atoms with van der Waals surface area (Å²) in [5.41, 5.74) is -0.222. The first-order valence-corrected chi connectivity index (χ1v) is 6.15. The smallest absolute Gasteiger partial charge is 0.345 e. The number of nitro groups is 1. The van der Waals surface area contributed by atoms with E-state index in [9.17, 15) is 14.9 Å². The lowest BCUT2D eigenvalue weighted by molar-refractivity contribution is -0.385. The summed E-state index contributed by atoms with van der Waals surface area (Å²) in [6, 6.07) is 9.83. The molecule has 0 bridgehead atoms. The van der Waals surface area contributed by atoms with Crippen LogP contribution in [0.25, 0.3) is 0 Å². The number of hydrogen-bond donors (Lipinski definition) is 0. The van der Waals surface area contributed by atoms with Gasteiger partial charge in [-0.25, -0.2) is 4.79 Å². The van der Waals surface area contributed by atoms with Crippen molar-refractivity contribution < 1.29 is 14.5 Å². The van der Waals surface area contributed by atoms with Gasteiger partial charge in [-0.15, -0.1) is 0 Å². The molecular formula is C13H7Cl2NO4. The van der Waals surface area contributed by atoms with Crippen LogP contribution in [0.4, 0.5) is 5.69 Å². The second-order valence-electron chi connectivity index (χ2n) is 3.74. The predicted molar refractivity (Wildman–Crippen MR) is 74.5 cm³/mol. The molecule has 20 heavy (non-hydrogen) atoms. The van der Waals surface area contributed by atoms with E-state index in [0.717, 1.165) is 0 Å². The van der Waals surface area contributed by atoms with Crippen molar-refractivity contribution in [2.24, 2.45) is 0 Å². The van der Waals surface area contributed by atoms with Gasteiger partial charge >= 0.3 is 11.7 Å². The summed E-state index contributed by atoms with van der Waals surface area (Å²) >= 11 is 11.6. The van der Waals surface area contributed by atoms with Gasteiger partial charge in [-0.2, -0.15) is 0 Å². The molecule has 0 amide bonds. The van der Waals surface area contributed by atoms with Crippen molar-refractivity contribution in [1.82, 2.24) is 0 Å². The number of para-hydroxylation sites is 2. The third-order valence-electron chi connectivity index (χ3n) is 2.42. The van der Waals surface area contributed by atoms with Crippen LogP contribution < -0.4 is 4.74 Å². The molecule has 0 aliphatic heterocycles. The summed E-state index contributed by atoms with van der Waals surface area (Å²) in [6.45, 7) is 0. The minimum atomic E-state index is -0.791. The van der Waals surface area contributed by atoms with Crippen molar-refractivity contribution in [3.05, 3.63) is 68.2 Å². The van der Waals surface area contributed by atoms with Gasteiger partial charge in [0.2, 0.25) is 5.75 Å². The van der Waals surface area contributed by atoms with E-state index in [1.165, 1.54) is 42.5 Å². The highest BCUT2D eigenvalue weighted by Gasteiger charge is 2.19. The van der Waals surface area contributed by atoms with E-state index in [4.69, 9.17) is 27.9 Å². The molecule has 0 spiro atoms. The first-order valence-electron chi connectivity index (χ1n) is 5.39. The fourth-order valence-corrected chi connectivity index (χ4v) is 1.99. The van der Waals surface area contributed by atoms with Crippen molar-refractivity contribution in [3.63, 3.8) is 0 Å². The van der Waals surface area contributed by atoms with E-state index in [1.807, 2.05) is 0 Å². The minimum Gasteiger partial charge on any atom is -0.416 e. The number of halogens is 2. The number of ether oxygens (including phenoxy) is 1. The lowest BCUT2D eigenvalue weighted by atomic mass is 10.2. The molecule has 0 aromatic heterocycles. The van der Waals surface area contributed by atoms with Crippen LogP contribution in [0.1, 0.15) is 10.4 Å². The first-order chi connectivity index (χ1) is 9.49. The van der Waals surface area contributed by atoms with Crippen molar-refractivity contribution in [1.29, 1.82) is 0 Å². The van der Waals surface area contributed by atoms with Gasteiger partial charge in [-0.05, 0) is 24.3 Å². The molecule has 0 unspecified atom stereocenters. The van der Waals surface area contributed by atoms with E-state index in [0.29, 0.717) is 5.02 Å². The minimum absolute atomic E-state index is 0.0780. The largest absolute Gasteiger partial charge is 0.416 e. The molecule has 0 aliphatic carbocycles. The van der Waals surface area contributed by atoms with Gasteiger partial charge < -0.3 is 4.74 Å². The number of carbonyl (C=O) groups is 1. The topological polar surface area (TPSA) is 69.4 Å². The summed E-state index contributed by atoms with van der Waals surface area (Å²) in [7, 11) is 0. The molecule has 0 heterocycles. The van der Waals surface area contributed by atoms with Gasteiger partial charge in [0.1, 0.15) is 0 Å². The van der Waals surface area contributed by atoms with Gasteiger partial charge in [0.25, 0.3) is 0 Å². The Labute approximate surface area is 123 Å². The Morgan fingerprint density at radius 1 is 1.15 bits per heavy atom. The summed E-state index contributed by atoms with van der Waals surface area (Å²) < 4.78 is 5.01. The predicted octanol–water partition coefficient (Wildman–Crippen LogP) is 4.12. The number of hydrogen-bond acceptors (Lipinski definition) is 4. The van der Waals surface area contributed by atoms with E-state index < -0.39 is 10.9 Å². The summed E-state index contributed by atoms with van der Waals surface area (Å²) in [5, 5.41) is 11.3. The van der Waals surface area contributed by atoms with Crippen LogP contribution in [-0.4, -0.2) is 10.9 Å². The van der Waals surface area contributed by atoms with Crippen molar-refractivity contribution in [2.45, 2.75) is 0 Å². The standard InChI is InChI=1S/C13H7Cl2NO4/c14-8-5-6-9(10(15)7-8)13(17)20-12-4-2-1-3-11(12)16(18)19/h1-7H. The Bertz CT molecular complexity index is 688. The number of nitrogens with zero attached hydrogens (tertiary/aromatic N) is 1. The number of nitro benzene ring substituents is 1. The summed E-state index contributed by atoms with van der Waals surface area (Å²) in [6.07, 6.45) is 0. The van der Waals surface area contributed by atoms with Crippen molar-refractivity contribution in [2.75, 3.05) is 0 Å². The lowest BCUT2D eigenvalue weighted by Crippen LogP contribution is -2.10. The summed E-state index contributed by atoms with van der Waals surface area (Å²) in [4.78, 5) is 22.1. The van der Waals surface area contributed by atoms with E-state index >= 15 is 0 Å². The van der Waals surface area contributed by atoms with Crippen molar-refractivity contribution in [3.8, 4) is 5.75 Å². The highest BCUT2D eigenvalue weighted by atomic mass is 35.5. The maximum absolute atomic E-state index is 11.9. The zero-order chi connectivity index (χ0) is 14.7. The monoisotopic (exact) mass is 311 g/mol. The van der Waals surface area contributed by atoms with Gasteiger partial charge in [0, 0.05) is 11.1 Å². The molecule has 2 rings (SSSR count). The molecule has 0 radical (unpaired) electrons. The summed E-state index contributed by atoms with van der Waals surface area (Å²) in [5.74, 6) is -0.936. The van der Waals surface area contributed by atoms with Crippen LogP contribution in [0.15, 0.2) is 42.5 Å². The molecule has 2 aromatic carbocycles. The quantitative estimate of drug-likeness (QED) is 0.370. The molecule has 0 N–H and O–H groups in total. The van der Waals surface area contributed by atoms with Gasteiger partial charge in [-0.1, -0.05) is 35.3 Å². The lowest BCUT2D eigenvalue weighted by Gasteiger charge is -2.06. The molecule has 102 valence electrons. The Kier molecular flexibility index (Phi) is 4.22. The maximum Gasteiger partial charge on any atom is 0.345 e.